The molecule has 0 saturated heterocycles. The summed E-state index contributed by atoms with van der Waals surface area (Å²) in [6, 6.07) is 6.99. The van der Waals surface area contributed by atoms with Crippen LogP contribution >= 0.6 is 0 Å². The second-order valence-electron chi connectivity index (χ2n) is 4.64. The van der Waals surface area contributed by atoms with Gasteiger partial charge in [-0.2, -0.15) is 5.10 Å². The first-order valence-corrected chi connectivity index (χ1v) is 6.50. The minimum Gasteiger partial charge on any atom is -0.497 e. The molecule has 3 rings (SSSR count). The first-order chi connectivity index (χ1) is 9.78. The topological polar surface area (TPSA) is 79.0 Å². The molecule has 2 aromatic rings. The van der Waals surface area contributed by atoms with E-state index in [9.17, 15) is 4.79 Å². The lowest BCUT2D eigenvalue weighted by Crippen LogP contribution is -2.24. The van der Waals surface area contributed by atoms with Crippen molar-refractivity contribution in [2.45, 2.75) is 13.0 Å². The number of aromatic amines is 1. The first kappa shape index (κ1) is 12.7. The maximum atomic E-state index is 12.2. The van der Waals surface area contributed by atoms with Crippen molar-refractivity contribution in [3.8, 4) is 5.75 Å². The number of carbonyl (C=O) groups excluding carboxylic acids is 1. The van der Waals surface area contributed by atoms with E-state index in [0.717, 1.165) is 36.5 Å². The van der Waals surface area contributed by atoms with E-state index in [0.29, 0.717) is 11.4 Å². The van der Waals surface area contributed by atoms with Gasteiger partial charge in [0, 0.05) is 17.7 Å². The number of hydrogen-bond acceptors (Lipinski definition) is 4. The Bertz CT molecular complexity index is 619. The third kappa shape index (κ3) is 2.37. The Morgan fingerprint density at radius 3 is 2.90 bits per heavy atom. The molecule has 6 nitrogen and oxygen atoms in total. The number of anilines is 1. The largest absolute Gasteiger partial charge is 0.497 e. The number of amides is 1. The quantitative estimate of drug-likeness (QED) is 0.787. The molecule has 104 valence electrons. The summed E-state index contributed by atoms with van der Waals surface area (Å²) in [4.78, 5) is 12.2. The standard InChI is InChI=1S/C14H16N4O2/c1-20-10-4-2-9(3-5-10)14(19)16-13-11-6-7-15-8-12(11)17-18-13/h2-5,15H,6-8H2,1H3,(H2,16,17,18,19). The van der Waals surface area contributed by atoms with Gasteiger partial charge in [-0.3, -0.25) is 9.89 Å². The van der Waals surface area contributed by atoms with E-state index in [2.05, 4.69) is 20.8 Å². The van der Waals surface area contributed by atoms with E-state index in [-0.39, 0.29) is 5.91 Å². The number of nitrogens with zero attached hydrogens (tertiary/aromatic N) is 1. The zero-order valence-corrected chi connectivity index (χ0v) is 11.2. The van der Waals surface area contributed by atoms with Gasteiger partial charge in [-0.15, -0.1) is 0 Å². The molecule has 0 bridgehead atoms. The normalized spacial score (nSPS) is 13.7. The van der Waals surface area contributed by atoms with Gasteiger partial charge in [0.2, 0.25) is 0 Å². The number of benzene rings is 1. The third-order valence-electron chi connectivity index (χ3n) is 3.39. The van der Waals surface area contributed by atoms with Crippen molar-refractivity contribution < 1.29 is 9.53 Å². The van der Waals surface area contributed by atoms with Gasteiger partial charge in [0.15, 0.2) is 5.82 Å². The molecule has 0 unspecified atom stereocenters. The van der Waals surface area contributed by atoms with Crippen molar-refractivity contribution in [3.05, 3.63) is 41.1 Å². The highest BCUT2D eigenvalue weighted by Crippen LogP contribution is 2.20. The number of nitrogens with one attached hydrogen (secondary N) is 3. The molecule has 0 saturated carbocycles. The zero-order valence-electron chi connectivity index (χ0n) is 11.2. The number of aromatic nitrogens is 2. The van der Waals surface area contributed by atoms with E-state index in [1.165, 1.54) is 0 Å². The molecule has 0 fully saturated rings. The molecule has 0 aliphatic carbocycles. The fraction of sp³-hybridized carbons (Fsp3) is 0.286. The van der Waals surface area contributed by atoms with E-state index >= 15 is 0 Å². The number of carbonyl (C=O) groups is 1. The van der Waals surface area contributed by atoms with E-state index in [1.807, 2.05) is 0 Å². The van der Waals surface area contributed by atoms with Gasteiger partial charge in [-0.25, -0.2) is 0 Å². The lowest BCUT2D eigenvalue weighted by atomic mass is 10.1. The van der Waals surface area contributed by atoms with Gasteiger partial charge in [-0.1, -0.05) is 0 Å². The summed E-state index contributed by atoms with van der Waals surface area (Å²) in [6.07, 6.45) is 0.865. The van der Waals surface area contributed by atoms with Crippen LogP contribution in [-0.2, 0) is 13.0 Å². The molecular formula is C14H16N4O2. The van der Waals surface area contributed by atoms with Gasteiger partial charge in [0.05, 0.1) is 12.8 Å². The SMILES string of the molecule is COc1ccc(C(=O)Nc2n[nH]c3c2CCNC3)cc1. The Morgan fingerprint density at radius 1 is 1.35 bits per heavy atom. The van der Waals surface area contributed by atoms with Gasteiger partial charge >= 0.3 is 0 Å². The summed E-state index contributed by atoms with van der Waals surface area (Å²) in [5.41, 5.74) is 2.71. The highest BCUT2D eigenvalue weighted by molar-refractivity contribution is 6.04. The third-order valence-corrected chi connectivity index (χ3v) is 3.39. The monoisotopic (exact) mass is 272 g/mol. The lowest BCUT2D eigenvalue weighted by Gasteiger charge is -2.13. The molecule has 0 spiro atoms. The smallest absolute Gasteiger partial charge is 0.256 e. The molecule has 0 atom stereocenters. The molecule has 2 heterocycles. The second-order valence-corrected chi connectivity index (χ2v) is 4.64. The van der Waals surface area contributed by atoms with E-state index < -0.39 is 0 Å². The molecule has 1 amide bonds. The fourth-order valence-electron chi connectivity index (χ4n) is 2.27. The van der Waals surface area contributed by atoms with Crippen molar-refractivity contribution in [2.75, 3.05) is 19.0 Å². The highest BCUT2D eigenvalue weighted by Gasteiger charge is 2.18. The molecule has 0 radical (unpaired) electrons. The average molecular weight is 272 g/mol. The second kappa shape index (κ2) is 5.34. The van der Waals surface area contributed by atoms with Crippen LogP contribution in [-0.4, -0.2) is 29.8 Å². The number of fused-ring (bicyclic) bond motifs is 1. The Morgan fingerprint density at radius 2 is 2.15 bits per heavy atom. The van der Waals surface area contributed by atoms with Crippen LogP contribution in [0, 0.1) is 0 Å². The van der Waals surface area contributed by atoms with Crippen LogP contribution in [0.25, 0.3) is 0 Å². The summed E-state index contributed by atoms with van der Waals surface area (Å²) in [5, 5.41) is 13.2. The molecule has 3 N–H and O–H groups in total. The summed E-state index contributed by atoms with van der Waals surface area (Å²) in [5.74, 6) is 1.19. The molecular weight excluding hydrogens is 256 g/mol. The molecule has 1 aromatic carbocycles. The predicted octanol–water partition coefficient (Wildman–Crippen LogP) is 1.32. The first-order valence-electron chi connectivity index (χ1n) is 6.50. The Hall–Kier alpha value is -2.34. The van der Waals surface area contributed by atoms with Crippen molar-refractivity contribution in [3.63, 3.8) is 0 Å². The van der Waals surface area contributed by atoms with E-state index in [1.54, 1.807) is 31.4 Å². The number of hydrogen-bond donors (Lipinski definition) is 3. The van der Waals surface area contributed by atoms with Gasteiger partial charge in [0.25, 0.3) is 5.91 Å². The van der Waals surface area contributed by atoms with Crippen LogP contribution in [0.1, 0.15) is 21.6 Å². The summed E-state index contributed by atoms with van der Waals surface area (Å²) in [6.45, 7) is 1.67. The van der Waals surface area contributed by atoms with Crippen LogP contribution in [0.4, 0.5) is 5.82 Å². The summed E-state index contributed by atoms with van der Waals surface area (Å²) < 4.78 is 5.07. The molecule has 20 heavy (non-hydrogen) atoms. The Labute approximate surface area is 116 Å². The van der Waals surface area contributed by atoms with Gasteiger partial charge in [0.1, 0.15) is 5.75 Å². The predicted molar refractivity (Wildman–Crippen MR) is 74.9 cm³/mol. The molecule has 1 aliphatic heterocycles. The molecule has 6 heteroatoms. The maximum Gasteiger partial charge on any atom is 0.256 e. The van der Waals surface area contributed by atoms with Crippen LogP contribution in [0.15, 0.2) is 24.3 Å². The Kier molecular flexibility index (Phi) is 3.39. The number of ether oxygens (including phenoxy) is 1. The summed E-state index contributed by atoms with van der Waals surface area (Å²) >= 11 is 0. The minimum atomic E-state index is -0.166. The van der Waals surface area contributed by atoms with Crippen molar-refractivity contribution in [1.29, 1.82) is 0 Å². The van der Waals surface area contributed by atoms with Crippen molar-refractivity contribution in [1.82, 2.24) is 15.5 Å². The van der Waals surface area contributed by atoms with Crippen LogP contribution in [0.3, 0.4) is 0 Å². The zero-order chi connectivity index (χ0) is 13.9. The molecule has 1 aliphatic rings. The van der Waals surface area contributed by atoms with Crippen LogP contribution < -0.4 is 15.4 Å². The number of H-pyrrole nitrogens is 1. The van der Waals surface area contributed by atoms with Crippen molar-refractivity contribution >= 4 is 11.7 Å². The fourth-order valence-corrected chi connectivity index (χ4v) is 2.27. The van der Waals surface area contributed by atoms with Gasteiger partial charge < -0.3 is 15.4 Å². The lowest BCUT2D eigenvalue weighted by molar-refractivity contribution is 0.102. The summed E-state index contributed by atoms with van der Waals surface area (Å²) in [7, 11) is 1.60. The molecule has 1 aromatic heterocycles. The highest BCUT2D eigenvalue weighted by atomic mass is 16.5. The van der Waals surface area contributed by atoms with E-state index in [4.69, 9.17) is 4.74 Å². The van der Waals surface area contributed by atoms with Crippen molar-refractivity contribution in [2.24, 2.45) is 0 Å². The number of methoxy groups -OCH3 is 1. The number of rotatable bonds is 3. The van der Waals surface area contributed by atoms with Crippen LogP contribution in [0.5, 0.6) is 5.75 Å². The minimum absolute atomic E-state index is 0.166. The van der Waals surface area contributed by atoms with Crippen LogP contribution in [0.2, 0.25) is 0 Å². The average Bonchev–Trinajstić information content (AvgIpc) is 2.91. The maximum absolute atomic E-state index is 12.2. The van der Waals surface area contributed by atoms with Gasteiger partial charge in [-0.05, 0) is 37.2 Å². The Balaban J connectivity index is 1.76.